The van der Waals surface area contributed by atoms with Crippen LogP contribution in [0, 0.1) is 18.2 Å². The lowest BCUT2D eigenvalue weighted by molar-refractivity contribution is 0.0680. The van der Waals surface area contributed by atoms with Gasteiger partial charge in [0.1, 0.15) is 11.6 Å². The number of rotatable bonds is 3. The standard InChI is InChI=1S/C8H7FN2O3.C8H4FNO2/c9-6-2-1-4(7(10)11-14)3-5(6)8(12)13;1-10-5-2-3-7(9)6(4-5)8(11)12/h1-3,14H,(H2,10,11)(H,12,13);2-4H,(H,11,12). The highest BCUT2D eigenvalue weighted by Crippen LogP contribution is 2.17. The Balaban J connectivity index is 0.000000263. The highest BCUT2D eigenvalue weighted by Gasteiger charge is 2.12. The summed E-state index contributed by atoms with van der Waals surface area (Å²) in [5, 5.41) is 28.0. The number of aromatic carboxylic acids is 2. The Morgan fingerprint density at radius 1 is 1.00 bits per heavy atom. The summed E-state index contributed by atoms with van der Waals surface area (Å²) < 4.78 is 25.5. The van der Waals surface area contributed by atoms with E-state index in [4.69, 9.17) is 27.7 Å². The van der Waals surface area contributed by atoms with Crippen LogP contribution in [0.4, 0.5) is 14.5 Å². The minimum atomic E-state index is -1.41. The number of halogens is 2. The van der Waals surface area contributed by atoms with Gasteiger partial charge in [0.25, 0.3) is 0 Å². The molecule has 0 bridgehead atoms. The molecule has 0 aromatic heterocycles. The van der Waals surface area contributed by atoms with Gasteiger partial charge in [-0.2, -0.15) is 0 Å². The molecule has 0 aliphatic heterocycles. The van der Waals surface area contributed by atoms with Crippen molar-refractivity contribution in [1.29, 1.82) is 0 Å². The molecule has 0 saturated heterocycles. The van der Waals surface area contributed by atoms with Crippen LogP contribution in [0.15, 0.2) is 41.6 Å². The maximum absolute atomic E-state index is 12.9. The van der Waals surface area contributed by atoms with Crippen LogP contribution >= 0.6 is 0 Å². The molecule has 0 heterocycles. The fourth-order valence-corrected chi connectivity index (χ4v) is 1.65. The number of hydrogen-bond donors (Lipinski definition) is 4. The molecule has 2 aromatic carbocycles. The van der Waals surface area contributed by atoms with Crippen molar-refractivity contribution in [3.05, 3.63) is 76.1 Å². The van der Waals surface area contributed by atoms with E-state index in [1.165, 1.54) is 12.1 Å². The number of nitrogens with zero attached hydrogens (tertiary/aromatic N) is 2. The van der Waals surface area contributed by atoms with Gasteiger partial charge in [-0.05, 0) is 30.3 Å². The molecule has 8 nitrogen and oxygen atoms in total. The lowest BCUT2D eigenvalue weighted by Gasteiger charge is -2.01. The van der Waals surface area contributed by atoms with Crippen molar-refractivity contribution in [2.45, 2.75) is 0 Å². The molecule has 0 saturated carbocycles. The van der Waals surface area contributed by atoms with E-state index in [-0.39, 0.29) is 17.1 Å². The highest BCUT2D eigenvalue weighted by molar-refractivity contribution is 5.99. The van der Waals surface area contributed by atoms with Crippen LogP contribution in [-0.4, -0.2) is 33.2 Å². The first-order valence-electron chi connectivity index (χ1n) is 6.62. The van der Waals surface area contributed by atoms with E-state index in [9.17, 15) is 18.4 Å². The maximum atomic E-state index is 12.9. The van der Waals surface area contributed by atoms with Gasteiger partial charge in [-0.25, -0.2) is 23.2 Å². The van der Waals surface area contributed by atoms with Gasteiger partial charge in [0.2, 0.25) is 0 Å². The van der Waals surface area contributed by atoms with E-state index in [0.717, 1.165) is 24.3 Å². The first-order chi connectivity index (χ1) is 12.2. The molecule has 2 rings (SSSR count). The SMILES string of the molecule is N/C(=N\O)c1ccc(F)c(C(=O)O)c1.[C-]#[N+]c1ccc(F)c(C(=O)O)c1. The lowest BCUT2D eigenvalue weighted by Crippen LogP contribution is -2.14. The second-order valence-electron chi connectivity index (χ2n) is 4.57. The number of hydrogen-bond acceptors (Lipinski definition) is 4. The van der Waals surface area contributed by atoms with Gasteiger partial charge in [-0.1, -0.05) is 11.2 Å². The summed E-state index contributed by atoms with van der Waals surface area (Å²) in [7, 11) is 0. The summed E-state index contributed by atoms with van der Waals surface area (Å²) in [6.45, 7) is 6.56. The fourth-order valence-electron chi connectivity index (χ4n) is 1.65. The average molecular weight is 363 g/mol. The van der Waals surface area contributed by atoms with Gasteiger partial charge in [-0.15, -0.1) is 0 Å². The Morgan fingerprint density at radius 2 is 1.50 bits per heavy atom. The predicted molar refractivity (Wildman–Crippen MR) is 85.5 cm³/mol. The number of oxime groups is 1. The fraction of sp³-hybridized carbons (Fsp3) is 0. The van der Waals surface area contributed by atoms with Gasteiger partial charge in [0, 0.05) is 5.56 Å². The van der Waals surface area contributed by atoms with Crippen LogP contribution in [0.2, 0.25) is 0 Å². The zero-order chi connectivity index (χ0) is 19.9. The second-order valence-corrected chi connectivity index (χ2v) is 4.57. The molecule has 0 spiro atoms. The van der Waals surface area contributed by atoms with E-state index in [0.29, 0.717) is 0 Å². The van der Waals surface area contributed by atoms with Crippen molar-refractivity contribution < 1.29 is 33.8 Å². The number of benzene rings is 2. The minimum Gasteiger partial charge on any atom is -0.478 e. The van der Waals surface area contributed by atoms with Crippen molar-refractivity contribution in [2.75, 3.05) is 0 Å². The zero-order valence-electron chi connectivity index (χ0n) is 12.8. The van der Waals surface area contributed by atoms with E-state index in [1.54, 1.807) is 0 Å². The van der Waals surface area contributed by atoms with Gasteiger partial charge in [0.05, 0.1) is 17.7 Å². The van der Waals surface area contributed by atoms with Crippen molar-refractivity contribution in [3.63, 3.8) is 0 Å². The monoisotopic (exact) mass is 363 g/mol. The van der Waals surface area contributed by atoms with Gasteiger partial charge in [-0.3, -0.25) is 0 Å². The van der Waals surface area contributed by atoms with Crippen molar-refractivity contribution >= 4 is 23.5 Å². The van der Waals surface area contributed by atoms with E-state index < -0.39 is 34.7 Å². The number of amidine groups is 1. The molecule has 26 heavy (non-hydrogen) atoms. The molecular weight excluding hydrogens is 352 g/mol. The summed E-state index contributed by atoms with van der Waals surface area (Å²) in [5.41, 5.74) is 4.47. The van der Waals surface area contributed by atoms with Crippen molar-refractivity contribution in [2.24, 2.45) is 10.9 Å². The molecule has 2 aromatic rings. The Bertz CT molecular complexity index is 923. The predicted octanol–water partition coefficient (Wildman–Crippen LogP) is 2.69. The van der Waals surface area contributed by atoms with Crippen LogP contribution in [0.1, 0.15) is 26.3 Å². The number of carbonyl (C=O) groups is 2. The highest BCUT2D eigenvalue weighted by atomic mass is 19.1. The first-order valence-corrected chi connectivity index (χ1v) is 6.62. The topological polar surface area (TPSA) is 138 Å². The summed E-state index contributed by atoms with van der Waals surface area (Å²) in [5.74, 6) is -4.73. The number of nitrogens with two attached hydrogens (primary N) is 1. The molecule has 0 radical (unpaired) electrons. The maximum Gasteiger partial charge on any atom is 0.338 e. The Hall–Kier alpha value is -4.00. The van der Waals surface area contributed by atoms with Crippen molar-refractivity contribution in [3.8, 4) is 0 Å². The molecule has 134 valence electrons. The Labute approximate surface area is 145 Å². The third-order valence-electron chi connectivity index (χ3n) is 2.91. The third kappa shape index (κ3) is 5.00. The largest absolute Gasteiger partial charge is 0.478 e. The van der Waals surface area contributed by atoms with Crippen LogP contribution in [0.25, 0.3) is 4.85 Å². The average Bonchev–Trinajstić information content (AvgIpc) is 2.62. The van der Waals surface area contributed by atoms with E-state index in [2.05, 4.69) is 10.0 Å². The van der Waals surface area contributed by atoms with Crippen LogP contribution in [0.5, 0.6) is 0 Å². The van der Waals surface area contributed by atoms with E-state index in [1.807, 2.05) is 0 Å². The molecule has 10 heteroatoms. The summed E-state index contributed by atoms with van der Waals surface area (Å²) >= 11 is 0. The Morgan fingerprint density at radius 3 is 1.96 bits per heavy atom. The summed E-state index contributed by atoms with van der Waals surface area (Å²) in [6.07, 6.45) is 0. The minimum absolute atomic E-state index is 0.119. The first kappa shape index (κ1) is 20.0. The molecule has 0 aliphatic rings. The number of carboxylic acids is 2. The smallest absolute Gasteiger partial charge is 0.338 e. The van der Waals surface area contributed by atoms with Crippen molar-refractivity contribution in [1.82, 2.24) is 0 Å². The number of carboxylic acid groups (broad SMARTS) is 2. The molecular formula is C16H11F2N3O5. The van der Waals surface area contributed by atoms with E-state index >= 15 is 0 Å². The van der Waals surface area contributed by atoms with Crippen LogP contribution in [0.3, 0.4) is 0 Å². The van der Waals surface area contributed by atoms with Crippen LogP contribution in [-0.2, 0) is 0 Å². The zero-order valence-corrected chi connectivity index (χ0v) is 12.8. The second kappa shape index (κ2) is 8.74. The van der Waals surface area contributed by atoms with Gasteiger partial charge in [0.15, 0.2) is 11.5 Å². The van der Waals surface area contributed by atoms with Gasteiger partial charge < -0.3 is 21.2 Å². The third-order valence-corrected chi connectivity index (χ3v) is 2.91. The molecule has 0 unspecified atom stereocenters. The van der Waals surface area contributed by atoms with Crippen LogP contribution < -0.4 is 5.73 Å². The summed E-state index contributed by atoms with van der Waals surface area (Å²) in [6, 6.07) is 6.36. The molecule has 0 atom stereocenters. The quantitative estimate of drug-likeness (QED) is 0.217. The molecule has 0 fully saturated rings. The lowest BCUT2D eigenvalue weighted by atomic mass is 10.1. The molecule has 0 amide bonds. The summed E-state index contributed by atoms with van der Waals surface area (Å²) in [4.78, 5) is 23.8. The molecule has 0 aliphatic carbocycles. The Kier molecular flexibility index (Phi) is 6.74. The van der Waals surface area contributed by atoms with Gasteiger partial charge >= 0.3 is 11.9 Å². The molecule has 5 N–H and O–H groups in total. The normalized spacial score (nSPS) is 10.3.